The van der Waals surface area contributed by atoms with E-state index in [2.05, 4.69) is 15.0 Å². The first-order valence-corrected chi connectivity index (χ1v) is 6.90. The summed E-state index contributed by atoms with van der Waals surface area (Å²) in [5.41, 5.74) is 8.15. The fourth-order valence-electron chi connectivity index (χ4n) is 1.95. The molecule has 106 valence electrons. The minimum atomic E-state index is -0.782. The maximum absolute atomic E-state index is 12.0. The number of aryl methyl sites for hydroxylation is 2. The number of hydrogen-bond acceptors (Lipinski definition) is 6. The van der Waals surface area contributed by atoms with Gasteiger partial charge in [-0.3, -0.25) is 10.1 Å². The summed E-state index contributed by atoms with van der Waals surface area (Å²) >= 11 is 1.16. The van der Waals surface area contributed by atoms with Crippen molar-refractivity contribution in [2.45, 2.75) is 20.8 Å². The molecule has 2 rings (SSSR count). The molecule has 2 heterocycles. The zero-order valence-corrected chi connectivity index (χ0v) is 12.3. The van der Waals surface area contributed by atoms with Crippen LogP contribution in [0, 0.1) is 13.8 Å². The van der Waals surface area contributed by atoms with Crippen LogP contribution in [0.2, 0.25) is 0 Å². The summed E-state index contributed by atoms with van der Waals surface area (Å²) in [4.78, 5) is 28.6. The quantitative estimate of drug-likeness (QED) is 0.886. The van der Waals surface area contributed by atoms with Gasteiger partial charge in [0.2, 0.25) is 0 Å². The van der Waals surface area contributed by atoms with Gasteiger partial charge in [-0.1, -0.05) is 0 Å². The van der Waals surface area contributed by atoms with E-state index >= 15 is 0 Å². The zero-order valence-electron chi connectivity index (χ0n) is 11.4. The van der Waals surface area contributed by atoms with Crippen LogP contribution in [0.5, 0.6) is 0 Å². The van der Waals surface area contributed by atoms with Crippen LogP contribution >= 0.6 is 11.3 Å². The Morgan fingerprint density at radius 1 is 1.45 bits per heavy atom. The highest BCUT2D eigenvalue weighted by atomic mass is 32.1. The molecule has 0 fully saturated rings. The Balaban J connectivity index is 2.40. The summed E-state index contributed by atoms with van der Waals surface area (Å²) in [6, 6.07) is 1.90. The van der Waals surface area contributed by atoms with Gasteiger partial charge in [0, 0.05) is 11.1 Å². The lowest BCUT2D eigenvalue weighted by Gasteiger charge is -2.03. The standard InChI is InChI=1S/C13H15N3O3S/c1-4-19-13(18)16-11(17)10-9(14)8-6(2)5-7(3)15-12(8)20-10/h5H,4,14H2,1-3H3,(H,16,17,18). The molecule has 0 aromatic carbocycles. The van der Waals surface area contributed by atoms with E-state index in [9.17, 15) is 9.59 Å². The van der Waals surface area contributed by atoms with Crippen LogP contribution in [0.4, 0.5) is 10.5 Å². The summed E-state index contributed by atoms with van der Waals surface area (Å²) in [6.45, 7) is 5.64. The van der Waals surface area contributed by atoms with Crippen LogP contribution in [-0.2, 0) is 4.74 Å². The first-order valence-electron chi connectivity index (χ1n) is 6.08. The number of nitrogens with two attached hydrogens (primary N) is 1. The number of fused-ring (bicyclic) bond motifs is 1. The molecule has 7 heteroatoms. The smallest absolute Gasteiger partial charge is 0.414 e. The number of nitrogen functional groups attached to an aromatic ring is 1. The molecule has 0 spiro atoms. The van der Waals surface area contributed by atoms with Gasteiger partial charge in [0.1, 0.15) is 9.71 Å². The molecule has 0 saturated heterocycles. The summed E-state index contributed by atoms with van der Waals surface area (Å²) < 4.78 is 4.67. The second kappa shape index (κ2) is 5.46. The van der Waals surface area contributed by atoms with Crippen LogP contribution < -0.4 is 11.1 Å². The lowest BCUT2D eigenvalue weighted by molar-refractivity contribution is 0.0929. The van der Waals surface area contributed by atoms with Crippen molar-refractivity contribution in [2.75, 3.05) is 12.3 Å². The lowest BCUT2D eigenvalue weighted by atomic mass is 10.1. The van der Waals surface area contributed by atoms with Crippen molar-refractivity contribution in [2.24, 2.45) is 0 Å². The van der Waals surface area contributed by atoms with E-state index < -0.39 is 12.0 Å². The molecule has 3 N–H and O–H groups in total. The molecule has 0 saturated carbocycles. The van der Waals surface area contributed by atoms with E-state index in [1.165, 1.54) is 0 Å². The van der Waals surface area contributed by atoms with Crippen LogP contribution in [0.1, 0.15) is 27.9 Å². The Morgan fingerprint density at radius 2 is 2.15 bits per heavy atom. The van der Waals surface area contributed by atoms with E-state index in [0.29, 0.717) is 10.5 Å². The van der Waals surface area contributed by atoms with Crippen molar-refractivity contribution in [3.8, 4) is 0 Å². The van der Waals surface area contributed by atoms with E-state index in [0.717, 1.165) is 28.0 Å². The predicted molar refractivity (Wildman–Crippen MR) is 78.0 cm³/mol. The van der Waals surface area contributed by atoms with Crippen LogP contribution in [0.3, 0.4) is 0 Å². The van der Waals surface area contributed by atoms with Gasteiger partial charge >= 0.3 is 6.09 Å². The van der Waals surface area contributed by atoms with Crippen molar-refractivity contribution in [3.63, 3.8) is 0 Å². The Labute approximate surface area is 119 Å². The minimum absolute atomic E-state index is 0.195. The number of anilines is 1. The van der Waals surface area contributed by atoms with Crippen molar-refractivity contribution in [1.29, 1.82) is 0 Å². The predicted octanol–water partition coefficient (Wildman–Crippen LogP) is 2.38. The molecule has 0 aliphatic carbocycles. The first-order chi connectivity index (χ1) is 9.43. The number of imide groups is 1. The third kappa shape index (κ3) is 2.57. The number of thiophene rings is 1. The van der Waals surface area contributed by atoms with Crippen LogP contribution in [0.25, 0.3) is 10.2 Å². The van der Waals surface area contributed by atoms with Gasteiger partial charge in [-0.2, -0.15) is 0 Å². The lowest BCUT2D eigenvalue weighted by Crippen LogP contribution is -2.30. The molecule has 2 aromatic heterocycles. The molecule has 0 bridgehead atoms. The van der Waals surface area contributed by atoms with Crippen LogP contribution in [-0.4, -0.2) is 23.6 Å². The van der Waals surface area contributed by atoms with Gasteiger partial charge in [-0.25, -0.2) is 9.78 Å². The number of carbonyl (C=O) groups excluding carboxylic acids is 2. The second-order valence-electron chi connectivity index (χ2n) is 4.28. The highest BCUT2D eigenvalue weighted by Gasteiger charge is 2.20. The van der Waals surface area contributed by atoms with Gasteiger partial charge in [0.15, 0.2) is 0 Å². The number of nitrogens with one attached hydrogen (secondary N) is 1. The van der Waals surface area contributed by atoms with Gasteiger partial charge in [0.05, 0.1) is 12.3 Å². The first kappa shape index (κ1) is 14.3. The average molecular weight is 293 g/mol. The number of ether oxygens (including phenoxy) is 1. The molecule has 0 aliphatic rings. The summed E-state index contributed by atoms with van der Waals surface area (Å²) in [5, 5.41) is 2.89. The van der Waals surface area contributed by atoms with E-state index in [1.807, 2.05) is 19.9 Å². The van der Waals surface area contributed by atoms with Crippen molar-refractivity contribution < 1.29 is 14.3 Å². The Hall–Kier alpha value is -2.15. The Bertz CT molecular complexity index is 694. The number of amides is 2. The topological polar surface area (TPSA) is 94.3 Å². The third-order valence-electron chi connectivity index (χ3n) is 2.72. The van der Waals surface area contributed by atoms with E-state index in [4.69, 9.17) is 5.73 Å². The molecule has 0 atom stereocenters. The Kier molecular flexibility index (Phi) is 3.89. The SMILES string of the molecule is CCOC(=O)NC(=O)c1sc2nc(C)cc(C)c2c1N. The second-order valence-corrected chi connectivity index (χ2v) is 5.28. The fraction of sp³-hybridized carbons (Fsp3) is 0.308. The van der Waals surface area contributed by atoms with E-state index in [-0.39, 0.29) is 11.5 Å². The van der Waals surface area contributed by atoms with Gasteiger partial charge in [-0.05, 0) is 32.4 Å². The van der Waals surface area contributed by atoms with Crippen LogP contribution in [0.15, 0.2) is 6.07 Å². The minimum Gasteiger partial charge on any atom is -0.450 e. The summed E-state index contributed by atoms with van der Waals surface area (Å²) in [6.07, 6.45) is -0.782. The van der Waals surface area contributed by atoms with Crippen molar-refractivity contribution in [3.05, 3.63) is 22.2 Å². The van der Waals surface area contributed by atoms with E-state index in [1.54, 1.807) is 6.92 Å². The third-order valence-corrected chi connectivity index (χ3v) is 3.82. The molecule has 2 aromatic rings. The number of nitrogens with zero attached hydrogens (tertiary/aromatic N) is 1. The highest BCUT2D eigenvalue weighted by molar-refractivity contribution is 7.21. The molecular weight excluding hydrogens is 278 g/mol. The molecule has 2 amide bonds. The maximum atomic E-state index is 12.0. The molecule has 6 nitrogen and oxygen atoms in total. The molecular formula is C13H15N3O3S. The largest absolute Gasteiger partial charge is 0.450 e. The van der Waals surface area contributed by atoms with Gasteiger partial charge in [-0.15, -0.1) is 11.3 Å². The fourth-order valence-corrected chi connectivity index (χ4v) is 3.07. The van der Waals surface area contributed by atoms with Gasteiger partial charge in [0.25, 0.3) is 5.91 Å². The Morgan fingerprint density at radius 3 is 2.80 bits per heavy atom. The molecule has 0 unspecified atom stereocenters. The van der Waals surface area contributed by atoms with Crippen molar-refractivity contribution >= 4 is 39.2 Å². The number of alkyl carbamates (subject to hydrolysis) is 1. The maximum Gasteiger partial charge on any atom is 0.414 e. The number of aromatic nitrogens is 1. The monoisotopic (exact) mass is 293 g/mol. The number of pyridine rings is 1. The van der Waals surface area contributed by atoms with Gasteiger partial charge < -0.3 is 10.5 Å². The summed E-state index contributed by atoms with van der Waals surface area (Å²) in [7, 11) is 0. The normalized spacial score (nSPS) is 10.6. The number of rotatable bonds is 2. The summed E-state index contributed by atoms with van der Waals surface area (Å²) in [5.74, 6) is -0.569. The molecule has 0 aliphatic heterocycles. The zero-order chi connectivity index (χ0) is 14.9. The average Bonchev–Trinajstić information content (AvgIpc) is 2.66. The highest BCUT2D eigenvalue weighted by Crippen LogP contribution is 2.34. The number of carbonyl (C=O) groups is 2. The molecule has 20 heavy (non-hydrogen) atoms. The van der Waals surface area contributed by atoms with Crippen molar-refractivity contribution in [1.82, 2.24) is 10.3 Å². The molecule has 0 radical (unpaired) electrons. The number of hydrogen-bond donors (Lipinski definition) is 2.